The number of aryl methyl sites for hydroxylation is 2. The summed E-state index contributed by atoms with van der Waals surface area (Å²) in [6.07, 6.45) is 7.06. The fraction of sp³-hybridized carbons (Fsp3) is 0.625. The van der Waals surface area contributed by atoms with Gasteiger partial charge in [0.1, 0.15) is 0 Å². The van der Waals surface area contributed by atoms with E-state index < -0.39 is 0 Å². The molecule has 0 N–H and O–H groups in total. The van der Waals surface area contributed by atoms with Gasteiger partial charge in [-0.15, -0.1) is 0 Å². The van der Waals surface area contributed by atoms with Crippen LogP contribution >= 0.6 is 0 Å². The van der Waals surface area contributed by atoms with Crippen molar-refractivity contribution < 1.29 is 0 Å². The highest BCUT2D eigenvalue weighted by molar-refractivity contribution is 5.28. The van der Waals surface area contributed by atoms with Crippen molar-refractivity contribution in [1.82, 2.24) is 0 Å². The van der Waals surface area contributed by atoms with Crippen LogP contribution in [0, 0.1) is 25.7 Å². The molecule has 0 aliphatic heterocycles. The van der Waals surface area contributed by atoms with Crippen molar-refractivity contribution in [1.29, 1.82) is 0 Å². The Hall–Kier alpha value is -0.780. The molecule has 1 aromatic rings. The summed E-state index contributed by atoms with van der Waals surface area (Å²) in [5.41, 5.74) is 4.38. The van der Waals surface area contributed by atoms with E-state index in [0.29, 0.717) is 0 Å². The van der Waals surface area contributed by atoms with Gasteiger partial charge in [0.25, 0.3) is 0 Å². The van der Waals surface area contributed by atoms with Crippen molar-refractivity contribution in [2.45, 2.75) is 52.9 Å². The monoisotopic (exact) mass is 216 g/mol. The summed E-state index contributed by atoms with van der Waals surface area (Å²) in [5.74, 6) is 1.91. The van der Waals surface area contributed by atoms with Crippen LogP contribution in [0.25, 0.3) is 0 Å². The molecule has 0 unspecified atom stereocenters. The summed E-state index contributed by atoms with van der Waals surface area (Å²) in [4.78, 5) is 0. The maximum absolute atomic E-state index is 2.40. The second kappa shape index (κ2) is 5.03. The molecule has 0 heteroatoms. The summed E-state index contributed by atoms with van der Waals surface area (Å²) in [6, 6.07) is 7.00. The molecule has 0 heterocycles. The lowest BCUT2D eigenvalue weighted by atomic mass is 9.80. The van der Waals surface area contributed by atoms with Crippen molar-refractivity contribution in [3.8, 4) is 0 Å². The molecule has 88 valence electrons. The quantitative estimate of drug-likeness (QED) is 0.674. The minimum absolute atomic E-state index is 0.942. The number of rotatable bonds is 2. The summed E-state index contributed by atoms with van der Waals surface area (Å²) < 4.78 is 0. The lowest BCUT2D eigenvalue weighted by Gasteiger charge is -2.26. The second-order valence-electron chi connectivity index (χ2n) is 5.83. The second-order valence-corrected chi connectivity index (χ2v) is 5.83. The lowest BCUT2D eigenvalue weighted by Crippen LogP contribution is -2.14. The first-order chi connectivity index (χ1) is 7.63. The fourth-order valence-electron chi connectivity index (χ4n) is 3.05. The van der Waals surface area contributed by atoms with Crippen molar-refractivity contribution in [3.05, 3.63) is 34.9 Å². The maximum Gasteiger partial charge on any atom is -0.0250 e. The minimum atomic E-state index is 0.942. The third-order valence-electron chi connectivity index (χ3n) is 3.94. The molecule has 0 atom stereocenters. The Morgan fingerprint density at radius 2 is 1.50 bits per heavy atom. The lowest BCUT2D eigenvalue weighted by molar-refractivity contribution is 0.289. The summed E-state index contributed by atoms with van der Waals surface area (Å²) in [5, 5.41) is 0. The molecule has 2 rings (SSSR count). The molecule has 0 radical (unpaired) electrons. The molecule has 0 saturated heterocycles. The first-order valence-electron chi connectivity index (χ1n) is 6.70. The van der Waals surface area contributed by atoms with Crippen LogP contribution in [0.2, 0.25) is 0 Å². The molecule has 16 heavy (non-hydrogen) atoms. The molecule has 1 saturated carbocycles. The van der Waals surface area contributed by atoms with Gasteiger partial charge in [0.15, 0.2) is 0 Å². The van der Waals surface area contributed by atoms with Gasteiger partial charge >= 0.3 is 0 Å². The SMILES string of the molecule is Cc1cc(C)cc(CC2CCC(C)CC2)c1. The Labute approximate surface area is 100 Å². The average Bonchev–Trinajstić information content (AvgIpc) is 2.20. The normalized spacial score (nSPS) is 25.7. The Bertz CT molecular complexity index is 323. The van der Waals surface area contributed by atoms with Crippen LogP contribution in [0.15, 0.2) is 18.2 Å². The Kier molecular flexibility index (Phi) is 3.68. The minimum Gasteiger partial charge on any atom is -0.0625 e. The van der Waals surface area contributed by atoms with Gasteiger partial charge in [-0.1, -0.05) is 49.1 Å². The maximum atomic E-state index is 2.40. The van der Waals surface area contributed by atoms with Gasteiger partial charge in [-0.2, -0.15) is 0 Å². The molecule has 0 spiro atoms. The van der Waals surface area contributed by atoms with Gasteiger partial charge in [0.2, 0.25) is 0 Å². The third kappa shape index (κ3) is 3.10. The fourth-order valence-corrected chi connectivity index (χ4v) is 3.05. The number of hydrogen-bond acceptors (Lipinski definition) is 0. The molecule has 1 aliphatic carbocycles. The molecular formula is C16H24. The Morgan fingerprint density at radius 3 is 2.06 bits per heavy atom. The highest BCUT2D eigenvalue weighted by Crippen LogP contribution is 2.30. The predicted molar refractivity (Wildman–Crippen MR) is 70.7 cm³/mol. The molecule has 1 aromatic carbocycles. The smallest absolute Gasteiger partial charge is 0.0250 e. The van der Waals surface area contributed by atoms with E-state index in [9.17, 15) is 0 Å². The summed E-state index contributed by atoms with van der Waals surface area (Å²) in [6.45, 7) is 6.81. The van der Waals surface area contributed by atoms with Crippen molar-refractivity contribution >= 4 is 0 Å². The zero-order valence-electron chi connectivity index (χ0n) is 10.9. The van der Waals surface area contributed by atoms with Gasteiger partial charge in [0, 0.05) is 0 Å². The topological polar surface area (TPSA) is 0 Å². The van der Waals surface area contributed by atoms with E-state index in [-0.39, 0.29) is 0 Å². The summed E-state index contributed by atoms with van der Waals surface area (Å²) >= 11 is 0. The standard InChI is InChI=1S/C16H24/c1-12-4-6-15(7-5-12)11-16-9-13(2)8-14(3)10-16/h8-10,12,15H,4-7,11H2,1-3H3. The van der Waals surface area contributed by atoms with E-state index in [2.05, 4.69) is 39.0 Å². The van der Waals surface area contributed by atoms with Crippen LogP contribution in [-0.2, 0) is 6.42 Å². The largest absolute Gasteiger partial charge is 0.0625 e. The zero-order chi connectivity index (χ0) is 11.5. The van der Waals surface area contributed by atoms with Crippen LogP contribution in [0.5, 0.6) is 0 Å². The number of benzene rings is 1. The zero-order valence-corrected chi connectivity index (χ0v) is 10.9. The highest BCUT2D eigenvalue weighted by Gasteiger charge is 2.18. The van der Waals surface area contributed by atoms with Crippen molar-refractivity contribution in [3.63, 3.8) is 0 Å². The van der Waals surface area contributed by atoms with Crippen molar-refractivity contribution in [2.24, 2.45) is 11.8 Å². The first-order valence-corrected chi connectivity index (χ1v) is 6.70. The molecule has 0 aromatic heterocycles. The van der Waals surface area contributed by atoms with Crippen LogP contribution in [-0.4, -0.2) is 0 Å². The molecule has 1 fully saturated rings. The Morgan fingerprint density at radius 1 is 0.938 bits per heavy atom. The molecule has 0 nitrogen and oxygen atoms in total. The predicted octanol–water partition coefficient (Wildman–Crippen LogP) is 4.67. The van der Waals surface area contributed by atoms with Crippen molar-refractivity contribution in [2.75, 3.05) is 0 Å². The average molecular weight is 216 g/mol. The van der Waals surface area contributed by atoms with Gasteiger partial charge in [0.05, 0.1) is 0 Å². The van der Waals surface area contributed by atoms with E-state index in [0.717, 1.165) is 11.8 Å². The van der Waals surface area contributed by atoms with E-state index in [1.807, 2.05) is 0 Å². The van der Waals surface area contributed by atoms with Gasteiger partial charge in [-0.25, -0.2) is 0 Å². The first kappa shape index (κ1) is 11.7. The highest BCUT2D eigenvalue weighted by atomic mass is 14.2. The van der Waals surface area contributed by atoms with Gasteiger partial charge in [-0.05, 0) is 50.5 Å². The van der Waals surface area contributed by atoms with E-state index >= 15 is 0 Å². The molecular weight excluding hydrogens is 192 g/mol. The van der Waals surface area contributed by atoms with Gasteiger partial charge < -0.3 is 0 Å². The third-order valence-corrected chi connectivity index (χ3v) is 3.94. The Balaban J connectivity index is 1.98. The molecule has 0 bridgehead atoms. The van der Waals surface area contributed by atoms with Crippen LogP contribution < -0.4 is 0 Å². The van der Waals surface area contributed by atoms with Crippen LogP contribution in [0.1, 0.15) is 49.3 Å². The van der Waals surface area contributed by atoms with E-state index in [4.69, 9.17) is 0 Å². The van der Waals surface area contributed by atoms with Crippen LogP contribution in [0.4, 0.5) is 0 Å². The number of hydrogen-bond donors (Lipinski definition) is 0. The van der Waals surface area contributed by atoms with Crippen LogP contribution in [0.3, 0.4) is 0 Å². The van der Waals surface area contributed by atoms with E-state index in [1.165, 1.54) is 43.2 Å². The molecule has 1 aliphatic rings. The van der Waals surface area contributed by atoms with Gasteiger partial charge in [-0.3, -0.25) is 0 Å². The summed E-state index contributed by atoms with van der Waals surface area (Å²) in [7, 11) is 0. The van der Waals surface area contributed by atoms with E-state index in [1.54, 1.807) is 5.56 Å². The molecule has 0 amide bonds.